The molecule has 0 aliphatic carbocycles. The molecule has 0 saturated carbocycles. The molecule has 0 unspecified atom stereocenters. The first-order valence-corrected chi connectivity index (χ1v) is 10.4. The van der Waals surface area contributed by atoms with Gasteiger partial charge in [0.15, 0.2) is 5.96 Å². The molecule has 2 aromatic rings. The fourth-order valence-electron chi connectivity index (χ4n) is 3.41. The number of phenols is 1. The van der Waals surface area contributed by atoms with Crippen LogP contribution >= 0.6 is 24.0 Å². The van der Waals surface area contributed by atoms with E-state index >= 15 is 0 Å². The highest BCUT2D eigenvalue weighted by Gasteiger charge is 2.21. The standard InChI is InChI=1S/C23H30N4O3.HI/c1-3-24-23(25-13-12-18-8-11-20(30-2)15-21(18)28)26-16-17-6-9-19(10-7-17)27-14-4-5-22(27)29;/h6-11,15,28H,3-5,12-14,16H2,1-2H3,(H2,24,25,26);1H. The highest BCUT2D eigenvalue weighted by atomic mass is 127. The Morgan fingerprint density at radius 3 is 2.58 bits per heavy atom. The van der Waals surface area contributed by atoms with Gasteiger partial charge in [-0.2, -0.15) is 0 Å². The van der Waals surface area contributed by atoms with Crippen molar-refractivity contribution in [1.82, 2.24) is 10.6 Å². The number of methoxy groups -OCH3 is 1. The van der Waals surface area contributed by atoms with Crippen LogP contribution in [0.25, 0.3) is 0 Å². The maximum atomic E-state index is 11.9. The molecule has 1 aliphatic rings. The van der Waals surface area contributed by atoms with E-state index in [4.69, 9.17) is 4.74 Å². The summed E-state index contributed by atoms with van der Waals surface area (Å²) in [5.41, 5.74) is 2.89. The predicted octanol–water partition coefficient (Wildman–Crippen LogP) is 3.44. The minimum atomic E-state index is 0. The highest BCUT2D eigenvalue weighted by molar-refractivity contribution is 14.0. The van der Waals surface area contributed by atoms with Crippen molar-refractivity contribution in [2.75, 3.05) is 31.6 Å². The molecule has 31 heavy (non-hydrogen) atoms. The summed E-state index contributed by atoms with van der Waals surface area (Å²) in [6.45, 7) is 4.76. The van der Waals surface area contributed by atoms with Gasteiger partial charge in [0.2, 0.25) is 5.91 Å². The van der Waals surface area contributed by atoms with E-state index in [0.717, 1.165) is 42.3 Å². The van der Waals surface area contributed by atoms with Gasteiger partial charge in [0.1, 0.15) is 11.5 Å². The van der Waals surface area contributed by atoms with Crippen molar-refractivity contribution < 1.29 is 14.6 Å². The van der Waals surface area contributed by atoms with Crippen LogP contribution in [0.15, 0.2) is 47.5 Å². The third-order valence-corrected chi connectivity index (χ3v) is 5.06. The van der Waals surface area contributed by atoms with Crippen LogP contribution < -0.4 is 20.3 Å². The predicted molar refractivity (Wildman–Crippen MR) is 135 cm³/mol. The first kappa shape index (κ1) is 24.8. The summed E-state index contributed by atoms with van der Waals surface area (Å²) in [6, 6.07) is 13.3. The third kappa shape index (κ3) is 7.02. The van der Waals surface area contributed by atoms with Crippen LogP contribution in [0.5, 0.6) is 11.5 Å². The molecule has 3 rings (SSSR count). The first-order valence-electron chi connectivity index (χ1n) is 10.4. The second kappa shape index (κ2) is 12.4. The van der Waals surface area contributed by atoms with Gasteiger partial charge in [-0.3, -0.25) is 4.79 Å². The number of carbonyl (C=O) groups is 1. The van der Waals surface area contributed by atoms with E-state index in [-0.39, 0.29) is 35.6 Å². The number of anilines is 1. The zero-order chi connectivity index (χ0) is 21.3. The number of amides is 1. The van der Waals surface area contributed by atoms with E-state index in [2.05, 4.69) is 15.6 Å². The van der Waals surface area contributed by atoms with E-state index in [0.29, 0.717) is 31.7 Å². The number of hydrogen-bond donors (Lipinski definition) is 3. The molecule has 1 saturated heterocycles. The van der Waals surface area contributed by atoms with Crippen LogP contribution in [0.3, 0.4) is 0 Å². The molecule has 0 aromatic heterocycles. The Hall–Kier alpha value is -2.49. The molecule has 1 amide bonds. The SMILES string of the molecule is CCNC(=NCc1ccc(N2CCCC2=O)cc1)NCCc1ccc(OC)cc1O.I. The molecule has 2 aromatic carbocycles. The number of nitrogens with zero attached hydrogens (tertiary/aromatic N) is 2. The Bertz CT molecular complexity index is 887. The number of ether oxygens (including phenoxy) is 1. The second-order valence-corrected chi connectivity index (χ2v) is 7.18. The number of nitrogens with one attached hydrogen (secondary N) is 2. The van der Waals surface area contributed by atoms with Gasteiger partial charge in [0.25, 0.3) is 0 Å². The number of aromatic hydroxyl groups is 1. The molecule has 0 bridgehead atoms. The van der Waals surface area contributed by atoms with Gasteiger partial charge < -0.3 is 25.4 Å². The van der Waals surface area contributed by atoms with E-state index < -0.39 is 0 Å². The number of guanidine groups is 1. The van der Waals surface area contributed by atoms with Crippen molar-refractivity contribution in [2.24, 2.45) is 4.99 Å². The Kier molecular flexibility index (Phi) is 9.90. The highest BCUT2D eigenvalue weighted by Crippen LogP contribution is 2.23. The zero-order valence-corrected chi connectivity index (χ0v) is 20.4. The summed E-state index contributed by atoms with van der Waals surface area (Å²) in [6.07, 6.45) is 2.23. The van der Waals surface area contributed by atoms with Crippen molar-refractivity contribution in [3.05, 3.63) is 53.6 Å². The van der Waals surface area contributed by atoms with Crippen molar-refractivity contribution in [2.45, 2.75) is 32.7 Å². The normalized spacial score (nSPS) is 13.7. The molecule has 3 N–H and O–H groups in total. The first-order chi connectivity index (χ1) is 14.6. The van der Waals surface area contributed by atoms with E-state index in [9.17, 15) is 9.90 Å². The maximum absolute atomic E-state index is 11.9. The van der Waals surface area contributed by atoms with E-state index in [1.54, 1.807) is 13.2 Å². The number of benzene rings is 2. The molecular weight excluding hydrogens is 507 g/mol. The van der Waals surface area contributed by atoms with Crippen LogP contribution in [0.1, 0.15) is 30.9 Å². The summed E-state index contributed by atoms with van der Waals surface area (Å²) in [5.74, 6) is 1.79. The number of hydrogen-bond acceptors (Lipinski definition) is 4. The monoisotopic (exact) mass is 538 g/mol. The lowest BCUT2D eigenvalue weighted by Gasteiger charge is -2.16. The van der Waals surface area contributed by atoms with Crippen molar-refractivity contribution >= 4 is 41.5 Å². The third-order valence-electron chi connectivity index (χ3n) is 5.06. The van der Waals surface area contributed by atoms with Crippen LogP contribution in [0.4, 0.5) is 5.69 Å². The molecule has 0 atom stereocenters. The molecule has 0 radical (unpaired) electrons. The van der Waals surface area contributed by atoms with Crippen LogP contribution in [-0.4, -0.2) is 43.7 Å². The van der Waals surface area contributed by atoms with Gasteiger partial charge in [-0.15, -0.1) is 24.0 Å². The average molecular weight is 538 g/mol. The van der Waals surface area contributed by atoms with Gasteiger partial charge >= 0.3 is 0 Å². The lowest BCUT2D eigenvalue weighted by atomic mass is 10.1. The minimum absolute atomic E-state index is 0. The lowest BCUT2D eigenvalue weighted by molar-refractivity contribution is -0.117. The second-order valence-electron chi connectivity index (χ2n) is 7.18. The summed E-state index contributed by atoms with van der Waals surface area (Å²) in [7, 11) is 1.58. The molecule has 168 valence electrons. The largest absolute Gasteiger partial charge is 0.508 e. The molecule has 1 heterocycles. The summed E-state index contributed by atoms with van der Waals surface area (Å²) >= 11 is 0. The van der Waals surface area contributed by atoms with Crippen molar-refractivity contribution in [1.29, 1.82) is 0 Å². The minimum Gasteiger partial charge on any atom is -0.508 e. The van der Waals surface area contributed by atoms with Gasteiger partial charge in [-0.25, -0.2) is 4.99 Å². The summed E-state index contributed by atoms with van der Waals surface area (Å²) in [4.78, 5) is 18.3. The maximum Gasteiger partial charge on any atom is 0.227 e. The van der Waals surface area contributed by atoms with Gasteiger partial charge in [-0.05, 0) is 49.1 Å². The van der Waals surface area contributed by atoms with Gasteiger partial charge in [0, 0.05) is 37.8 Å². The van der Waals surface area contributed by atoms with E-state index in [1.165, 1.54) is 0 Å². The lowest BCUT2D eigenvalue weighted by Crippen LogP contribution is -2.38. The Morgan fingerprint density at radius 1 is 1.19 bits per heavy atom. The Morgan fingerprint density at radius 2 is 1.97 bits per heavy atom. The molecule has 8 heteroatoms. The van der Waals surface area contributed by atoms with E-state index in [1.807, 2.05) is 48.2 Å². The van der Waals surface area contributed by atoms with Gasteiger partial charge in [0.05, 0.1) is 13.7 Å². The topological polar surface area (TPSA) is 86.2 Å². The number of carbonyl (C=O) groups excluding carboxylic acids is 1. The fraction of sp³-hybridized carbons (Fsp3) is 0.391. The van der Waals surface area contributed by atoms with Crippen LogP contribution in [-0.2, 0) is 17.8 Å². The molecule has 1 aliphatic heterocycles. The number of phenolic OH excluding ortho intramolecular Hbond substituents is 1. The number of aliphatic imine (C=N–C) groups is 1. The summed E-state index contributed by atoms with van der Waals surface area (Å²) < 4.78 is 5.12. The molecule has 1 fully saturated rings. The van der Waals surface area contributed by atoms with Gasteiger partial charge in [-0.1, -0.05) is 18.2 Å². The number of rotatable bonds is 8. The number of halogens is 1. The van der Waals surface area contributed by atoms with Crippen molar-refractivity contribution in [3.8, 4) is 11.5 Å². The smallest absolute Gasteiger partial charge is 0.227 e. The fourth-order valence-corrected chi connectivity index (χ4v) is 3.41. The molecule has 7 nitrogen and oxygen atoms in total. The average Bonchev–Trinajstić information content (AvgIpc) is 3.19. The van der Waals surface area contributed by atoms with Crippen LogP contribution in [0, 0.1) is 0 Å². The quantitative estimate of drug-likeness (QED) is 0.273. The Labute approximate surface area is 200 Å². The van der Waals surface area contributed by atoms with Crippen molar-refractivity contribution in [3.63, 3.8) is 0 Å². The molecular formula is C23H31IN4O3. The zero-order valence-electron chi connectivity index (χ0n) is 18.1. The Balaban J connectivity index is 0.00000341. The summed E-state index contributed by atoms with van der Waals surface area (Å²) in [5, 5.41) is 16.6. The van der Waals surface area contributed by atoms with Crippen LogP contribution in [0.2, 0.25) is 0 Å². The molecule has 0 spiro atoms.